The Morgan fingerprint density at radius 1 is 1.07 bits per heavy atom. The van der Waals surface area contributed by atoms with E-state index in [9.17, 15) is 18.8 Å². The number of hydrogen-bond acceptors (Lipinski definition) is 3. The second kappa shape index (κ2) is 8.83. The molecule has 1 aliphatic carbocycles. The molecule has 0 atom stereocenters. The zero-order chi connectivity index (χ0) is 19.2. The minimum Gasteiger partial charge on any atom is -0.352 e. The van der Waals surface area contributed by atoms with Gasteiger partial charge in [0.25, 0.3) is 0 Å². The van der Waals surface area contributed by atoms with Gasteiger partial charge in [-0.15, -0.1) is 0 Å². The molecule has 146 valence electrons. The molecule has 4 amide bonds. The molecule has 1 saturated carbocycles. The number of anilines is 1. The van der Waals surface area contributed by atoms with Crippen LogP contribution in [0.2, 0.25) is 0 Å². The summed E-state index contributed by atoms with van der Waals surface area (Å²) >= 11 is 0. The molecule has 2 aliphatic rings. The van der Waals surface area contributed by atoms with Crippen LogP contribution in [0.1, 0.15) is 32.1 Å². The lowest BCUT2D eigenvalue weighted by molar-refractivity contribution is -0.139. The maximum atomic E-state index is 12.9. The molecule has 0 aromatic heterocycles. The van der Waals surface area contributed by atoms with Crippen molar-refractivity contribution in [1.29, 1.82) is 0 Å². The Kier molecular flexibility index (Phi) is 6.26. The fourth-order valence-electron chi connectivity index (χ4n) is 3.48. The topological polar surface area (TPSA) is 81.8 Å². The van der Waals surface area contributed by atoms with Crippen molar-refractivity contribution in [3.8, 4) is 0 Å². The van der Waals surface area contributed by atoms with Gasteiger partial charge in [-0.1, -0.05) is 19.3 Å². The summed E-state index contributed by atoms with van der Waals surface area (Å²) in [5, 5.41) is 5.64. The summed E-state index contributed by atoms with van der Waals surface area (Å²) in [5.41, 5.74) is 0.461. The molecule has 8 heteroatoms. The average molecular weight is 376 g/mol. The predicted molar refractivity (Wildman–Crippen MR) is 98.6 cm³/mol. The molecule has 0 unspecified atom stereocenters. The molecule has 1 aromatic carbocycles. The molecule has 3 rings (SSSR count). The Hall–Kier alpha value is -2.64. The molecule has 1 aromatic rings. The third kappa shape index (κ3) is 5.42. The van der Waals surface area contributed by atoms with Crippen molar-refractivity contribution < 1.29 is 18.8 Å². The molecule has 0 bridgehead atoms. The average Bonchev–Trinajstić information content (AvgIpc) is 2.66. The number of urea groups is 1. The summed E-state index contributed by atoms with van der Waals surface area (Å²) < 4.78 is 12.9. The Balaban J connectivity index is 1.45. The highest BCUT2D eigenvalue weighted by molar-refractivity contribution is 5.94. The standard InChI is InChI=1S/C19H25FN4O3/c20-14-6-8-16(9-7-14)22-19(27)24-11-10-23(18(26)13-24)12-17(25)21-15-4-2-1-3-5-15/h6-9,15H,1-5,10-13H2,(H,21,25)(H,22,27). The Bertz CT molecular complexity index is 689. The maximum absolute atomic E-state index is 12.9. The van der Waals surface area contributed by atoms with Crippen LogP contribution in [0.25, 0.3) is 0 Å². The van der Waals surface area contributed by atoms with E-state index in [4.69, 9.17) is 0 Å². The highest BCUT2D eigenvalue weighted by atomic mass is 19.1. The molecule has 1 heterocycles. The summed E-state index contributed by atoms with van der Waals surface area (Å²) in [7, 11) is 0. The van der Waals surface area contributed by atoms with Crippen LogP contribution in [-0.4, -0.2) is 59.9 Å². The van der Waals surface area contributed by atoms with Crippen molar-refractivity contribution in [2.45, 2.75) is 38.1 Å². The lowest BCUT2D eigenvalue weighted by atomic mass is 9.95. The van der Waals surface area contributed by atoms with Crippen LogP contribution < -0.4 is 10.6 Å². The minimum atomic E-state index is -0.415. The Morgan fingerprint density at radius 2 is 1.78 bits per heavy atom. The molecule has 2 N–H and O–H groups in total. The summed E-state index contributed by atoms with van der Waals surface area (Å²) in [6.45, 7) is 0.607. The molecule has 7 nitrogen and oxygen atoms in total. The first-order valence-corrected chi connectivity index (χ1v) is 9.40. The fraction of sp³-hybridized carbons (Fsp3) is 0.526. The summed E-state index contributed by atoms with van der Waals surface area (Å²) in [6, 6.07) is 5.22. The third-order valence-electron chi connectivity index (χ3n) is 5.01. The van der Waals surface area contributed by atoms with Crippen molar-refractivity contribution >= 4 is 23.5 Å². The minimum absolute atomic E-state index is 0.0305. The van der Waals surface area contributed by atoms with Crippen LogP contribution in [0.4, 0.5) is 14.9 Å². The van der Waals surface area contributed by atoms with E-state index < -0.39 is 6.03 Å². The predicted octanol–water partition coefficient (Wildman–Crippen LogP) is 1.95. The second-order valence-corrected chi connectivity index (χ2v) is 7.08. The van der Waals surface area contributed by atoms with Gasteiger partial charge in [0.1, 0.15) is 12.4 Å². The van der Waals surface area contributed by atoms with Crippen LogP contribution in [0.3, 0.4) is 0 Å². The van der Waals surface area contributed by atoms with Gasteiger partial charge in [-0.25, -0.2) is 9.18 Å². The van der Waals surface area contributed by atoms with E-state index in [1.54, 1.807) is 0 Å². The Labute approximate surface area is 157 Å². The van der Waals surface area contributed by atoms with Crippen LogP contribution in [0, 0.1) is 5.82 Å². The van der Waals surface area contributed by atoms with E-state index in [1.165, 1.54) is 40.5 Å². The highest BCUT2D eigenvalue weighted by Gasteiger charge is 2.29. The first-order valence-electron chi connectivity index (χ1n) is 9.40. The molecular weight excluding hydrogens is 351 g/mol. The van der Waals surface area contributed by atoms with Crippen LogP contribution in [-0.2, 0) is 9.59 Å². The zero-order valence-electron chi connectivity index (χ0n) is 15.2. The van der Waals surface area contributed by atoms with E-state index in [-0.39, 0.29) is 36.8 Å². The number of hydrogen-bond donors (Lipinski definition) is 2. The van der Waals surface area contributed by atoms with E-state index in [1.807, 2.05) is 0 Å². The molecule has 1 saturated heterocycles. The first-order chi connectivity index (χ1) is 13.0. The molecular formula is C19H25FN4O3. The van der Waals surface area contributed by atoms with Gasteiger partial charge in [0.2, 0.25) is 11.8 Å². The summed E-state index contributed by atoms with van der Waals surface area (Å²) in [5.74, 6) is -0.781. The zero-order valence-corrected chi connectivity index (χ0v) is 15.2. The molecule has 0 radical (unpaired) electrons. The van der Waals surface area contributed by atoms with E-state index in [2.05, 4.69) is 10.6 Å². The number of nitrogens with one attached hydrogen (secondary N) is 2. The third-order valence-corrected chi connectivity index (χ3v) is 5.01. The van der Waals surface area contributed by atoms with Gasteiger partial charge < -0.3 is 20.4 Å². The fourth-order valence-corrected chi connectivity index (χ4v) is 3.48. The largest absolute Gasteiger partial charge is 0.352 e. The van der Waals surface area contributed by atoms with Gasteiger partial charge >= 0.3 is 6.03 Å². The number of rotatable bonds is 4. The van der Waals surface area contributed by atoms with Gasteiger partial charge in [-0.05, 0) is 37.1 Å². The van der Waals surface area contributed by atoms with Crippen molar-refractivity contribution in [2.24, 2.45) is 0 Å². The van der Waals surface area contributed by atoms with Gasteiger partial charge in [0.15, 0.2) is 0 Å². The normalized spacial score (nSPS) is 18.3. The SMILES string of the molecule is O=C(CN1CCN(C(=O)Nc2ccc(F)cc2)CC1=O)NC1CCCCC1. The molecule has 27 heavy (non-hydrogen) atoms. The van der Waals surface area contributed by atoms with Crippen molar-refractivity contribution in [3.05, 3.63) is 30.1 Å². The van der Waals surface area contributed by atoms with Crippen LogP contribution >= 0.6 is 0 Å². The number of piperazine rings is 1. The first kappa shape index (κ1) is 19.1. The van der Waals surface area contributed by atoms with Gasteiger partial charge in [-0.2, -0.15) is 0 Å². The van der Waals surface area contributed by atoms with Crippen molar-refractivity contribution in [3.63, 3.8) is 0 Å². The number of carbonyl (C=O) groups excluding carboxylic acids is 3. The van der Waals surface area contributed by atoms with E-state index in [0.29, 0.717) is 18.8 Å². The van der Waals surface area contributed by atoms with Gasteiger partial charge in [0, 0.05) is 24.8 Å². The maximum Gasteiger partial charge on any atom is 0.322 e. The molecule has 1 aliphatic heterocycles. The van der Waals surface area contributed by atoms with Gasteiger partial charge in [-0.3, -0.25) is 9.59 Å². The Morgan fingerprint density at radius 3 is 2.44 bits per heavy atom. The lowest BCUT2D eigenvalue weighted by Crippen LogP contribution is -2.55. The van der Waals surface area contributed by atoms with E-state index >= 15 is 0 Å². The summed E-state index contributed by atoms with van der Waals surface area (Å²) in [6.07, 6.45) is 5.47. The number of nitrogens with zero attached hydrogens (tertiary/aromatic N) is 2. The molecule has 0 spiro atoms. The second-order valence-electron chi connectivity index (χ2n) is 7.08. The van der Waals surface area contributed by atoms with Crippen LogP contribution in [0.15, 0.2) is 24.3 Å². The van der Waals surface area contributed by atoms with Gasteiger partial charge in [0.05, 0.1) is 6.54 Å². The number of amides is 4. The molecule has 2 fully saturated rings. The van der Waals surface area contributed by atoms with Crippen LogP contribution in [0.5, 0.6) is 0 Å². The smallest absolute Gasteiger partial charge is 0.322 e. The summed E-state index contributed by atoms with van der Waals surface area (Å²) in [4.78, 5) is 39.6. The lowest BCUT2D eigenvalue weighted by Gasteiger charge is -2.34. The quantitative estimate of drug-likeness (QED) is 0.843. The van der Waals surface area contributed by atoms with Crippen molar-refractivity contribution in [1.82, 2.24) is 15.1 Å². The number of carbonyl (C=O) groups is 3. The number of benzene rings is 1. The monoisotopic (exact) mass is 376 g/mol. The number of halogens is 1. The van der Waals surface area contributed by atoms with E-state index in [0.717, 1.165) is 25.7 Å². The highest BCUT2D eigenvalue weighted by Crippen LogP contribution is 2.17. The van der Waals surface area contributed by atoms with Crippen molar-refractivity contribution in [2.75, 3.05) is 31.5 Å².